The summed E-state index contributed by atoms with van der Waals surface area (Å²) >= 11 is 0. The summed E-state index contributed by atoms with van der Waals surface area (Å²) in [5.74, 6) is -0.368. The summed E-state index contributed by atoms with van der Waals surface area (Å²) < 4.78 is 28.3. The molecule has 0 aromatic heterocycles. The second-order valence-corrected chi connectivity index (χ2v) is 10.6. The van der Waals surface area contributed by atoms with E-state index >= 15 is 0 Å². The number of aryl methyl sites for hydroxylation is 3. The Morgan fingerprint density at radius 3 is 1.89 bits per heavy atom. The van der Waals surface area contributed by atoms with E-state index < -0.39 is 10.0 Å². The highest BCUT2D eigenvalue weighted by molar-refractivity contribution is 7.92. The second-order valence-electron chi connectivity index (χ2n) is 8.79. The van der Waals surface area contributed by atoms with Crippen LogP contribution in [-0.4, -0.2) is 34.0 Å². The molecule has 0 unspecified atom stereocenters. The maximum Gasteiger partial charge on any atom is 0.264 e. The number of benzene rings is 3. The van der Waals surface area contributed by atoms with Crippen LogP contribution in [0.25, 0.3) is 0 Å². The van der Waals surface area contributed by atoms with Crippen LogP contribution in [0.3, 0.4) is 0 Å². The van der Waals surface area contributed by atoms with Crippen molar-refractivity contribution in [2.45, 2.75) is 46.1 Å². The topological polar surface area (TPSA) is 69.7 Å². The highest BCUT2D eigenvalue weighted by Crippen LogP contribution is 2.26. The van der Waals surface area contributed by atoms with Crippen LogP contribution in [0.1, 0.15) is 36.1 Å². The van der Waals surface area contributed by atoms with Gasteiger partial charge in [-0.2, -0.15) is 0 Å². The van der Waals surface area contributed by atoms with Crippen molar-refractivity contribution in [1.82, 2.24) is 5.32 Å². The van der Waals surface area contributed by atoms with Crippen molar-refractivity contribution >= 4 is 27.3 Å². The number of carbonyl (C=O) groups is 1. The molecule has 7 heteroatoms. The fraction of sp³-hybridized carbons (Fsp3) is 0.321. The van der Waals surface area contributed by atoms with Gasteiger partial charge in [0.05, 0.1) is 10.6 Å². The average molecular weight is 494 g/mol. The standard InChI is InChI=1S/C28H35N3O3S/c1-6-30(7-2)25-12-10-24(11-13-25)19-29-28(32)20-31(26-17-22(4)16-23(5)18-26)35(33,34)27-14-8-21(3)9-15-27/h8-18H,6-7,19-20H2,1-5H3,(H,29,32). The Kier molecular flexibility index (Phi) is 8.57. The van der Waals surface area contributed by atoms with E-state index in [1.807, 2.05) is 51.1 Å². The van der Waals surface area contributed by atoms with E-state index in [0.717, 1.165) is 41.0 Å². The Morgan fingerprint density at radius 1 is 0.771 bits per heavy atom. The van der Waals surface area contributed by atoms with Gasteiger partial charge in [-0.25, -0.2) is 8.42 Å². The molecule has 0 radical (unpaired) electrons. The minimum Gasteiger partial charge on any atom is -0.372 e. The Labute approximate surface area is 209 Å². The zero-order valence-electron chi connectivity index (χ0n) is 21.2. The molecule has 3 aromatic carbocycles. The van der Waals surface area contributed by atoms with Crippen molar-refractivity contribution in [1.29, 1.82) is 0 Å². The van der Waals surface area contributed by atoms with E-state index in [0.29, 0.717) is 12.2 Å². The van der Waals surface area contributed by atoms with Crippen molar-refractivity contribution in [2.75, 3.05) is 28.8 Å². The van der Waals surface area contributed by atoms with Gasteiger partial charge in [0.1, 0.15) is 6.54 Å². The molecule has 3 rings (SSSR count). The van der Waals surface area contributed by atoms with Crippen molar-refractivity contribution in [3.05, 3.63) is 89.0 Å². The van der Waals surface area contributed by atoms with Crippen LogP contribution in [0.4, 0.5) is 11.4 Å². The van der Waals surface area contributed by atoms with Gasteiger partial charge in [0.15, 0.2) is 0 Å². The monoisotopic (exact) mass is 493 g/mol. The van der Waals surface area contributed by atoms with E-state index in [1.165, 1.54) is 4.31 Å². The van der Waals surface area contributed by atoms with Crippen LogP contribution in [0.2, 0.25) is 0 Å². The van der Waals surface area contributed by atoms with E-state index in [2.05, 4.69) is 24.1 Å². The Hall–Kier alpha value is -3.32. The lowest BCUT2D eigenvalue weighted by molar-refractivity contribution is -0.119. The van der Waals surface area contributed by atoms with Crippen LogP contribution < -0.4 is 14.5 Å². The molecule has 35 heavy (non-hydrogen) atoms. The molecule has 186 valence electrons. The number of hydrogen-bond acceptors (Lipinski definition) is 4. The van der Waals surface area contributed by atoms with Gasteiger partial charge in [0.2, 0.25) is 5.91 Å². The highest BCUT2D eigenvalue weighted by atomic mass is 32.2. The van der Waals surface area contributed by atoms with E-state index in [-0.39, 0.29) is 17.3 Å². The number of amides is 1. The molecule has 1 N–H and O–H groups in total. The number of nitrogens with zero attached hydrogens (tertiary/aromatic N) is 2. The number of sulfonamides is 1. The van der Waals surface area contributed by atoms with Crippen molar-refractivity contribution in [2.24, 2.45) is 0 Å². The average Bonchev–Trinajstić information content (AvgIpc) is 2.82. The lowest BCUT2D eigenvalue weighted by Gasteiger charge is -2.25. The van der Waals surface area contributed by atoms with Gasteiger partial charge in [0.25, 0.3) is 10.0 Å². The second kappa shape index (κ2) is 11.4. The quantitative estimate of drug-likeness (QED) is 0.433. The molecule has 0 saturated heterocycles. The van der Waals surface area contributed by atoms with Gasteiger partial charge in [-0.15, -0.1) is 0 Å². The summed E-state index contributed by atoms with van der Waals surface area (Å²) in [4.78, 5) is 15.3. The van der Waals surface area contributed by atoms with Crippen molar-refractivity contribution in [3.63, 3.8) is 0 Å². The molecule has 0 bridgehead atoms. The van der Waals surface area contributed by atoms with Crippen LogP contribution in [0.15, 0.2) is 71.6 Å². The summed E-state index contributed by atoms with van der Waals surface area (Å²) in [6.45, 7) is 11.8. The third-order valence-electron chi connectivity index (χ3n) is 5.95. The molecule has 0 heterocycles. The zero-order chi connectivity index (χ0) is 25.6. The molecular weight excluding hydrogens is 458 g/mol. The first-order chi connectivity index (χ1) is 16.6. The van der Waals surface area contributed by atoms with Crippen LogP contribution >= 0.6 is 0 Å². The number of carbonyl (C=O) groups excluding carboxylic acids is 1. The van der Waals surface area contributed by atoms with Gasteiger partial charge >= 0.3 is 0 Å². The maximum atomic E-state index is 13.6. The Balaban J connectivity index is 1.81. The fourth-order valence-electron chi connectivity index (χ4n) is 4.05. The third-order valence-corrected chi connectivity index (χ3v) is 7.73. The first kappa shape index (κ1) is 26.3. The molecule has 3 aromatic rings. The largest absolute Gasteiger partial charge is 0.372 e. The van der Waals surface area contributed by atoms with Gasteiger partial charge in [0, 0.05) is 25.3 Å². The normalized spacial score (nSPS) is 11.2. The maximum absolute atomic E-state index is 13.6. The number of hydrogen-bond donors (Lipinski definition) is 1. The molecule has 0 aliphatic heterocycles. The van der Waals surface area contributed by atoms with Gasteiger partial charge < -0.3 is 10.2 Å². The summed E-state index contributed by atoms with van der Waals surface area (Å²) in [6.07, 6.45) is 0. The van der Waals surface area contributed by atoms with Crippen molar-refractivity contribution < 1.29 is 13.2 Å². The minimum absolute atomic E-state index is 0.155. The first-order valence-electron chi connectivity index (χ1n) is 11.9. The molecule has 6 nitrogen and oxygen atoms in total. The highest BCUT2D eigenvalue weighted by Gasteiger charge is 2.27. The van der Waals surface area contributed by atoms with Crippen molar-refractivity contribution in [3.8, 4) is 0 Å². The smallest absolute Gasteiger partial charge is 0.264 e. The predicted octanol–water partition coefficient (Wildman–Crippen LogP) is 4.97. The van der Waals surface area contributed by atoms with Gasteiger partial charge in [-0.1, -0.05) is 35.9 Å². The minimum atomic E-state index is -3.94. The number of rotatable bonds is 10. The molecule has 1 amide bonds. The van der Waals surface area contributed by atoms with Gasteiger partial charge in [-0.05, 0) is 87.7 Å². The van der Waals surface area contributed by atoms with E-state index in [9.17, 15) is 13.2 Å². The third kappa shape index (κ3) is 6.63. The van der Waals surface area contributed by atoms with Crippen LogP contribution in [0.5, 0.6) is 0 Å². The molecular formula is C28H35N3O3S. The zero-order valence-corrected chi connectivity index (χ0v) is 22.0. The van der Waals surface area contributed by atoms with Crippen LogP contribution in [0, 0.1) is 20.8 Å². The number of nitrogens with one attached hydrogen (secondary N) is 1. The van der Waals surface area contributed by atoms with E-state index in [1.54, 1.807) is 36.4 Å². The lowest BCUT2D eigenvalue weighted by Crippen LogP contribution is -2.40. The van der Waals surface area contributed by atoms with Gasteiger partial charge in [-0.3, -0.25) is 9.10 Å². The molecule has 0 saturated carbocycles. The SMILES string of the molecule is CCN(CC)c1ccc(CNC(=O)CN(c2cc(C)cc(C)c2)S(=O)(=O)c2ccc(C)cc2)cc1. The number of anilines is 2. The van der Waals surface area contributed by atoms with E-state index in [4.69, 9.17) is 0 Å². The Bertz CT molecular complexity index is 1230. The summed E-state index contributed by atoms with van der Waals surface area (Å²) in [5.41, 5.74) is 5.38. The molecule has 0 fully saturated rings. The predicted molar refractivity (Wildman–Crippen MR) is 143 cm³/mol. The summed E-state index contributed by atoms with van der Waals surface area (Å²) in [6, 6.07) is 20.3. The molecule has 0 spiro atoms. The lowest BCUT2D eigenvalue weighted by atomic mass is 10.1. The summed E-state index contributed by atoms with van der Waals surface area (Å²) in [7, 11) is -3.94. The fourth-order valence-corrected chi connectivity index (χ4v) is 5.45. The summed E-state index contributed by atoms with van der Waals surface area (Å²) in [5, 5.41) is 2.88. The molecule has 0 aliphatic rings. The molecule has 0 aliphatic carbocycles. The Morgan fingerprint density at radius 2 is 1.34 bits per heavy atom. The van der Waals surface area contributed by atoms with Crippen LogP contribution in [-0.2, 0) is 21.4 Å². The first-order valence-corrected chi connectivity index (χ1v) is 13.4. The molecule has 0 atom stereocenters.